The number of aliphatic hydroxyl groups excluding tert-OH is 1. The highest BCUT2D eigenvalue weighted by Crippen LogP contribution is 2.32. The number of methoxy groups -OCH3 is 2. The van der Waals surface area contributed by atoms with E-state index >= 15 is 0 Å². The van der Waals surface area contributed by atoms with E-state index in [1.54, 1.807) is 0 Å². The van der Waals surface area contributed by atoms with E-state index in [2.05, 4.69) is 9.47 Å². The Kier molecular flexibility index (Phi) is 7.67. The first-order chi connectivity index (χ1) is 8.94. The predicted molar refractivity (Wildman–Crippen MR) is 67.2 cm³/mol. The Bertz CT molecular complexity index is 342. The van der Waals surface area contributed by atoms with Crippen molar-refractivity contribution in [2.45, 2.75) is 26.2 Å². The van der Waals surface area contributed by atoms with Crippen molar-refractivity contribution < 1.29 is 29.0 Å². The van der Waals surface area contributed by atoms with E-state index < -0.39 is 17.4 Å². The highest BCUT2D eigenvalue weighted by Gasteiger charge is 2.47. The van der Waals surface area contributed by atoms with Crippen molar-refractivity contribution in [2.24, 2.45) is 5.41 Å². The van der Waals surface area contributed by atoms with Crippen LogP contribution in [0.3, 0.4) is 0 Å². The molecular weight excluding hydrogens is 252 g/mol. The van der Waals surface area contributed by atoms with Crippen molar-refractivity contribution in [1.29, 1.82) is 0 Å². The second-order valence-electron chi connectivity index (χ2n) is 4.13. The van der Waals surface area contributed by atoms with E-state index in [1.165, 1.54) is 33.3 Å². The molecule has 0 unspecified atom stereocenters. The number of allylic oxidation sites excluding steroid dienone is 1. The molecule has 6 nitrogen and oxygen atoms in total. The quantitative estimate of drug-likeness (QED) is 0.396. The van der Waals surface area contributed by atoms with Gasteiger partial charge in [0, 0.05) is 6.42 Å². The van der Waals surface area contributed by atoms with Crippen molar-refractivity contribution in [3.05, 3.63) is 12.2 Å². The number of carbonyl (C=O) groups excluding carboxylic acids is 3. The molecule has 0 heterocycles. The standard InChI is InChI=1S/C13H20O6/c1-10(15)6-8-13(11(16)18-2,12(17)19-3)7-4-5-9-14/h4-5,14H,6-9H2,1-3H3/b5-4+. The zero-order chi connectivity index (χ0) is 14.9. The third-order valence-electron chi connectivity index (χ3n) is 2.79. The molecule has 0 saturated carbocycles. The molecular formula is C13H20O6. The van der Waals surface area contributed by atoms with E-state index in [0.717, 1.165) is 0 Å². The number of carbonyl (C=O) groups is 3. The zero-order valence-electron chi connectivity index (χ0n) is 11.5. The average molecular weight is 272 g/mol. The van der Waals surface area contributed by atoms with Crippen molar-refractivity contribution in [2.75, 3.05) is 20.8 Å². The molecule has 0 aromatic heterocycles. The van der Waals surface area contributed by atoms with Gasteiger partial charge in [0.1, 0.15) is 5.78 Å². The summed E-state index contributed by atoms with van der Waals surface area (Å²) in [6.07, 6.45) is 3.00. The summed E-state index contributed by atoms with van der Waals surface area (Å²) in [5.41, 5.74) is -1.54. The van der Waals surface area contributed by atoms with Crippen molar-refractivity contribution in [3.63, 3.8) is 0 Å². The third kappa shape index (κ3) is 4.82. The molecule has 0 amide bonds. The number of Topliss-reactive ketones (excluding diaryl/α,β-unsaturated/α-hetero) is 1. The Morgan fingerprint density at radius 1 is 1.11 bits per heavy atom. The maximum absolute atomic E-state index is 11.9. The maximum Gasteiger partial charge on any atom is 0.323 e. The van der Waals surface area contributed by atoms with E-state index in [4.69, 9.17) is 5.11 Å². The summed E-state index contributed by atoms with van der Waals surface area (Å²) in [7, 11) is 2.34. The van der Waals surface area contributed by atoms with E-state index in [-0.39, 0.29) is 31.7 Å². The smallest absolute Gasteiger partial charge is 0.323 e. The minimum absolute atomic E-state index is 0.0114. The van der Waals surface area contributed by atoms with Gasteiger partial charge in [-0.3, -0.25) is 9.59 Å². The van der Waals surface area contributed by atoms with Crippen LogP contribution in [0.2, 0.25) is 0 Å². The molecule has 0 spiro atoms. The zero-order valence-corrected chi connectivity index (χ0v) is 11.5. The summed E-state index contributed by atoms with van der Waals surface area (Å²) in [5.74, 6) is -1.63. The monoisotopic (exact) mass is 272 g/mol. The first kappa shape index (κ1) is 17.3. The molecule has 19 heavy (non-hydrogen) atoms. The van der Waals surface area contributed by atoms with Crippen molar-refractivity contribution in [1.82, 2.24) is 0 Å². The second-order valence-corrected chi connectivity index (χ2v) is 4.13. The largest absolute Gasteiger partial charge is 0.468 e. The van der Waals surface area contributed by atoms with Crippen LogP contribution >= 0.6 is 0 Å². The number of hydrogen-bond donors (Lipinski definition) is 1. The van der Waals surface area contributed by atoms with E-state index in [9.17, 15) is 14.4 Å². The van der Waals surface area contributed by atoms with Crippen LogP contribution in [-0.4, -0.2) is 43.7 Å². The summed E-state index contributed by atoms with van der Waals surface area (Å²) in [6.45, 7) is 1.17. The molecule has 1 N–H and O–H groups in total. The first-order valence-electron chi connectivity index (χ1n) is 5.86. The lowest BCUT2D eigenvalue weighted by molar-refractivity contribution is -0.169. The van der Waals surface area contributed by atoms with Gasteiger partial charge in [0.15, 0.2) is 5.41 Å². The lowest BCUT2D eigenvalue weighted by Crippen LogP contribution is -2.41. The van der Waals surface area contributed by atoms with Crippen LogP contribution < -0.4 is 0 Å². The fraction of sp³-hybridized carbons (Fsp3) is 0.615. The SMILES string of the molecule is COC(=O)C(C/C=C/CO)(CCC(C)=O)C(=O)OC. The fourth-order valence-electron chi connectivity index (χ4n) is 1.70. The number of hydrogen-bond acceptors (Lipinski definition) is 6. The van der Waals surface area contributed by atoms with Gasteiger partial charge < -0.3 is 19.4 Å². The number of esters is 2. The molecule has 0 aromatic carbocycles. The molecule has 0 aromatic rings. The number of ether oxygens (including phenoxy) is 2. The van der Waals surface area contributed by atoms with Crippen molar-refractivity contribution in [3.8, 4) is 0 Å². The Morgan fingerprint density at radius 3 is 2.00 bits per heavy atom. The fourth-order valence-corrected chi connectivity index (χ4v) is 1.70. The molecule has 108 valence electrons. The molecule has 0 saturated heterocycles. The Balaban J connectivity index is 5.30. The average Bonchev–Trinajstić information content (AvgIpc) is 2.40. The first-order valence-corrected chi connectivity index (χ1v) is 5.86. The topological polar surface area (TPSA) is 89.9 Å². The van der Waals surface area contributed by atoms with E-state index in [0.29, 0.717) is 0 Å². The van der Waals surface area contributed by atoms with Gasteiger partial charge in [-0.05, 0) is 19.8 Å². The number of ketones is 1. The van der Waals surface area contributed by atoms with Crippen LogP contribution in [0.1, 0.15) is 26.2 Å². The van der Waals surface area contributed by atoms with Crippen LogP contribution in [0, 0.1) is 5.41 Å². The highest BCUT2D eigenvalue weighted by molar-refractivity contribution is 6.00. The lowest BCUT2D eigenvalue weighted by atomic mass is 9.79. The van der Waals surface area contributed by atoms with Crippen LogP contribution in [0.5, 0.6) is 0 Å². The normalized spacial score (nSPS) is 11.4. The number of rotatable bonds is 8. The van der Waals surface area contributed by atoms with Crippen LogP contribution in [-0.2, 0) is 23.9 Å². The predicted octanol–water partition coefficient (Wildman–Crippen LogP) is 0.627. The summed E-state index contributed by atoms with van der Waals surface area (Å²) >= 11 is 0. The maximum atomic E-state index is 11.9. The van der Waals surface area contributed by atoms with Gasteiger partial charge in [-0.2, -0.15) is 0 Å². The van der Waals surface area contributed by atoms with Gasteiger partial charge >= 0.3 is 11.9 Å². The molecule has 0 aliphatic heterocycles. The third-order valence-corrected chi connectivity index (χ3v) is 2.79. The summed E-state index contributed by atoms with van der Waals surface area (Å²) < 4.78 is 9.31. The van der Waals surface area contributed by atoms with Crippen LogP contribution in [0.15, 0.2) is 12.2 Å². The summed E-state index contributed by atoms with van der Waals surface area (Å²) in [6, 6.07) is 0. The van der Waals surface area contributed by atoms with Crippen LogP contribution in [0.25, 0.3) is 0 Å². The van der Waals surface area contributed by atoms with Gasteiger partial charge in [-0.1, -0.05) is 12.2 Å². The summed E-state index contributed by atoms with van der Waals surface area (Å²) in [5, 5.41) is 8.70. The molecule has 6 heteroatoms. The second kappa shape index (κ2) is 8.42. The molecule has 0 aliphatic carbocycles. The summed E-state index contributed by atoms with van der Waals surface area (Å²) in [4.78, 5) is 34.9. The number of aliphatic hydroxyl groups is 1. The molecule has 0 fully saturated rings. The van der Waals surface area contributed by atoms with Crippen molar-refractivity contribution >= 4 is 17.7 Å². The molecule has 0 atom stereocenters. The lowest BCUT2D eigenvalue weighted by Gasteiger charge is -2.26. The molecule has 0 rings (SSSR count). The minimum Gasteiger partial charge on any atom is -0.468 e. The van der Waals surface area contributed by atoms with Gasteiger partial charge in [-0.15, -0.1) is 0 Å². The van der Waals surface area contributed by atoms with Gasteiger partial charge in [0.05, 0.1) is 20.8 Å². The molecule has 0 bridgehead atoms. The molecule has 0 aliphatic rings. The van der Waals surface area contributed by atoms with Gasteiger partial charge in [0.25, 0.3) is 0 Å². The Morgan fingerprint density at radius 2 is 1.63 bits per heavy atom. The van der Waals surface area contributed by atoms with Gasteiger partial charge in [-0.25, -0.2) is 0 Å². The minimum atomic E-state index is -1.54. The Labute approximate surface area is 112 Å². The van der Waals surface area contributed by atoms with Gasteiger partial charge in [0.2, 0.25) is 0 Å². The van der Waals surface area contributed by atoms with Crippen LogP contribution in [0.4, 0.5) is 0 Å². The Hall–Kier alpha value is -1.69. The molecule has 0 radical (unpaired) electrons. The van der Waals surface area contributed by atoms with E-state index in [1.807, 2.05) is 0 Å². The highest BCUT2D eigenvalue weighted by atomic mass is 16.5.